The van der Waals surface area contributed by atoms with Crippen molar-refractivity contribution in [1.29, 1.82) is 0 Å². The van der Waals surface area contributed by atoms with Gasteiger partial charge >= 0.3 is 0 Å². The third-order valence-electron chi connectivity index (χ3n) is 6.23. The van der Waals surface area contributed by atoms with Crippen molar-refractivity contribution in [1.82, 2.24) is 5.01 Å². The van der Waals surface area contributed by atoms with E-state index < -0.39 is 10.8 Å². The second kappa shape index (κ2) is 10.8. The minimum Gasteiger partial charge on any atom is -0.322 e. The van der Waals surface area contributed by atoms with Gasteiger partial charge in [0, 0.05) is 22.7 Å². The molecule has 0 heterocycles. The number of anilines is 1. The van der Waals surface area contributed by atoms with E-state index in [1.807, 2.05) is 12.1 Å². The molecule has 2 aromatic rings. The molecule has 0 aromatic heterocycles. The van der Waals surface area contributed by atoms with Crippen molar-refractivity contribution >= 4 is 29.0 Å². The van der Waals surface area contributed by atoms with Crippen LogP contribution in [0.15, 0.2) is 69.3 Å². The van der Waals surface area contributed by atoms with E-state index in [-0.39, 0.29) is 17.3 Å². The Bertz CT molecular complexity index is 1090. The van der Waals surface area contributed by atoms with Gasteiger partial charge in [0.2, 0.25) is 0 Å². The molecule has 4 rings (SSSR count). The van der Waals surface area contributed by atoms with Gasteiger partial charge < -0.3 is 5.32 Å². The Labute approximate surface area is 203 Å². The van der Waals surface area contributed by atoms with Crippen LogP contribution in [0, 0.1) is 10.1 Å². The van der Waals surface area contributed by atoms with Gasteiger partial charge in [0.25, 0.3) is 11.6 Å². The predicted molar refractivity (Wildman–Crippen MR) is 134 cm³/mol. The molecule has 0 unspecified atom stereocenters. The van der Waals surface area contributed by atoms with Gasteiger partial charge in [-0.15, -0.1) is 0 Å². The molecule has 0 spiro atoms. The summed E-state index contributed by atoms with van der Waals surface area (Å²) in [5.74, 6) is 0.179. The van der Waals surface area contributed by atoms with Crippen molar-refractivity contribution in [2.45, 2.75) is 61.8 Å². The number of nitro groups is 1. The highest BCUT2D eigenvalue weighted by Gasteiger charge is 2.31. The van der Waals surface area contributed by atoms with E-state index >= 15 is 0 Å². The monoisotopic (exact) mass is 479 g/mol. The predicted octanol–water partition coefficient (Wildman–Crippen LogP) is 6.92. The quantitative estimate of drug-likeness (QED) is 0.182. The average Bonchev–Trinajstić information content (AvgIpc) is 3.69. The zero-order valence-electron chi connectivity index (χ0n) is 19.3. The molecular weight excluding hydrogens is 450 g/mol. The minimum absolute atomic E-state index is 0.139. The zero-order valence-corrected chi connectivity index (χ0v) is 20.1. The number of carbonyl (C=O) groups excluding carboxylic acids is 1. The molecule has 2 aliphatic rings. The molecule has 0 aliphatic heterocycles. The Morgan fingerprint density at radius 2 is 1.82 bits per heavy atom. The highest BCUT2D eigenvalue weighted by atomic mass is 32.2. The lowest BCUT2D eigenvalue weighted by molar-refractivity contribution is -0.384. The molecule has 1 N–H and O–H groups in total. The molecule has 2 aromatic carbocycles. The van der Waals surface area contributed by atoms with Crippen LogP contribution in [-0.4, -0.2) is 28.9 Å². The molecule has 2 aliphatic carbocycles. The van der Waals surface area contributed by atoms with Gasteiger partial charge in [-0.25, -0.2) is 5.01 Å². The Balaban J connectivity index is 1.52. The molecule has 2 saturated carbocycles. The average molecular weight is 480 g/mol. The molecule has 9 heteroatoms. The highest BCUT2D eigenvalue weighted by Crippen LogP contribution is 2.39. The standard InChI is InChI=1S/C25H29N5O3S/c1-17(29(28-26-2)21-12-13-21)34-24-15-14-22(30(32)33)16-23(24)25(31)27-20-10-8-19(9-11-20)18-6-4-3-5-7-18/h8-11,14-16,18,21H,1,3-7,12-13H2,2H3,(H,27,31). The maximum absolute atomic E-state index is 13.2. The second-order valence-electron chi connectivity index (χ2n) is 8.71. The van der Waals surface area contributed by atoms with Gasteiger partial charge in [-0.1, -0.05) is 55.0 Å². The van der Waals surface area contributed by atoms with Crippen LogP contribution in [-0.2, 0) is 0 Å². The summed E-state index contributed by atoms with van der Waals surface area (Å²) in [5, 5.41) is 24.6. The zero-order chi connectivity index (χ0) is 24.1. The van der Waals surface area contributed by atoms with Crippen LogP contribution in [0.25, 0.3) is 0 Å². The van der Waals surface area contributed by atoms with E-state index in [1.165, 1.54) is 61.6 Å². The number of thioether (sulfide) groups is 1. The number of nitrogens with one attached hydrogen (secondary N) is 1. The molecule has 8 nitrogen and oxygen atoms in total. The number of non-ortho nitro benzene ring substituents is 1. The van der Waals surface area contributed by atoms with E-state index in [0.29, 0.717) is 21.5 Å². The van der Waals surface area contributed by atoms with Gasteiger partial charge in [0.05, 0.1) is 28.6 Å². The summed E-state index contributed by atoms with van der Waals surface area (Å²) >= 11 is 1.26. The van der Waals surface area contributed by atoms with E-state index in [4.69, 9.17) is 0 Å². The Morgan fingerprint density at radius 3 is 2.44 bits per heavy atom. The van der Waals surface area contributed by atoms with Crippen LogP contribution < -0.4 is 5.32 Å². The van der Waals surface area contributed by atoms with Crippen LogP contribution in [0.4, 0.5) is 11.4 Å². The maximum atomic E-state index is 13.2. The Kier molecular flexibility index (Phi) is 7.62. The van der Waals surface area contributed by atoms with Gasteiger partial charge in [0.15, 0.2) is 0 Å². The number of benzene rings is 2. The van der Waals surface area contributed by atoms with E-state index in [1.54, 1.807) is 18.1 Å². The molecule has 0 bridgehead atoms. The number of amides is 1. The molecule has 1 amide bonds. The molecule has 0 saturated heterocycles. The second-order valence-corrected chi connectivity index (χ2v) is 9.82. The summed E-state index contributed by atoms with van der Waals surface area (Å²) in [7, 11) is 1.59. The van der Waals surface area contributed by atoms with Crippen molar-refractivity contribution in [3.8, 4) is 0 Å². The first kappa shape index (κ1) is 23.9. The highest BCUT2D eigenvalue weighted by molar-refractivity contribution is 8.03. The summed E-state index contributed by atoms with van der Waals surface area (Å²) in [6.45, 7) is 4.10. The third-order valence-corrected chi connectivity index (χ3v) is 7.22. The maximum Gasteiger partial charge on any atom is 0.270 e. The van der Waals surface area contributed by atoms with Crippen molar-refractivity contribution in [2.24, 2.45) is 10.3 Å². The SMILES string of the molecule is C=C(Sc1ccc([N+](=O)[O-])cc1C(=O)Nc1ccc(C2CCCCC2)cc1)N(N=NC)C1CC1. The molecule has 0 atom stereocenters. The van der Waals surface area contributed by atoms with Gasteiger partial charge in [0.1, 0.15) is 0 Å². The summed E-state index contributed by atoms with van der Waals surface area (Å²) in [5.41, 5.74) is 2.04. The van der Waals surface area contributed by atoms with Crippen molar-refractivity contribution < 1.29 is 9.72 Å². The van der Waals surface area contributed by atoms with E-state index in [2.05, 4.69) is 34.4 Å². The normalized spacial score (nSPS) is 16.4. The smallest absolute Gasteiger partial charge is 0.270 e. The van der Waals surface area contributed by atoms with Crippen LogP contribution in [0.1, 0.15) is 66.8 Å². The van der Waals surface area contributed by atoms with Gasteiger partial charge in [-0.2, -0.15) is 5.11 Å². The topological polar surface area (TPSA) is 100 Å². The fraction of sp³-hybridized carbons (Fsp3) is 0.400. The summed E-state index contributed by atoms with van der Waals surface area (Å²) in [4.78, 5) is 24.6. The number of hydrogen-bond donors (Lipinski definition) is 1. The first-order valence-electron chi connectivity index (χ1n) is 11.6. The molecule has 2 fully saturated rings. The molecular formula is C25H29N5O3S. The van der Waals surface area contributed by atoms with Crippen molar-refractivity contribution in [3.63, 3.8) is 0 Å². The van der Waals surface area contributed by atoms with E-state index in [0.717, 1.165) is 12.8 Å². The third kappa shape index (κ3) is 5.83. The van der Waals surface area contributed by atoms with Gasteiger partial charge in [-0.05, 0) is 55.4 Å². The van der Waals surface area contributed by atoms with Gasteiger partial charge in [-0.3, -0.25) is 14.9 Å². The first-order valence-corrected chi connectivity index (χ1v) is 12.4. The van der Waals surface area contributed by atoms with Crippen LogP contribution in [0.2, 0.25) is 0 Å². The Morgan fingerprint density at radius 1 is 1.12 bits per heavy atom. The lowest BCUT2D eigenvalue weighted by atomic mass is 9.84. The summed E-state index contributed by atoms with van der Waals surface area (Å²) in [6.07, 6.45) is 8.25. The molecule has 178 valence electrons. The molecule has 34 heavy (non-hydrogen) atoms. The first-order chi connectivity index (χ1) is 16.5. The summed E-state index contributed by atoms with van der Waals surface area (Å²) < 4.78 is 0. The van der Waals surface area contributed by atoms with Crippen LogP contribution >= 0.6 is 11.8 Å². The Hall–Kier alpha value is -3.20. The fourth-order valence-electron chi connectivity index (χ4n) is 4.29. The number of hydrogen-bond acceptors (Lipinski definition) is 6. The fourth-order valence-corrected chi connectivity index (χ4v) is 5.22. The minimum atomic E-state index is -0.499. The van der Waals surface area contributed by atoms with Crippen LogP contribution in [0.5, 0.6) is 0 Å². The number of rotatable bonds is 9. The number of carbonyl (C=O) groups is 1. The number of nitrogens with zero attached hydrogens (tertiary/aromatic N) is 4. The van der Waals surface area contributed by atoms with Crippen molar-refractivity contribution in [2.75, 3.05) is 12.4 Å². The van der Waals surface area contributed by atoms with E-state index in [9.17, 15) is 14.9 Å². The largest absolute Gasteiger partial charge is 0.322 e. The lowest BCUT2D eigenvalue weighted by Crippen LogP contribution is -2.17. The molecule has 0 radical (unpaired) electrons. The summed E-state index contributed by atoms with van der Waals surface area (Å²) in [6, 6.07) is 12.5. The number of nitro benzene ring substituents is 1. The van der Waals surface area contributed by atoms with Crippen molar-refractivity contribution in [3.05, 3.63) is 75.3 Å². The van der Waals surface area contributed by atoms with Crippen LogP contribution in [0.3, 0.4) is 0 Å². The lowest BCUT2D eigenvalue weighted by Gasteiger charge is -2.22.